The average Bonchev–Trinajstić information content (AvgIpc) is 2.69. The molecule has 2 rings (SSSR count). The van der Waals surface area contributed by atoms with Crippen LogP contribution in [0.4, 0.5) is 0 Å². The average molecular weight is 318 g/mol. The summed E-state index contributed by atoms with van der Waals surface area (Å²) in [5, 5.41) is 20.5. The van der Waals surface area contributed by atoms with E-state index in [0.29, 0.717) is 13.1 Å². The quantitative estimate of drug-likeness (QED) is 0.808. The number of hydrogen-bond donors (Lipinski definition) is 3. The second kappa shape index (κ2) is 5.98. The predicted molar refractivity (Wildman–Crippen MR) is 92.0 cm³/mol. The Kier molecular flexibility index (Phi) is 4.55. The van der Waals surface area contributed by atoms with Crippen LogP contribution in [0.25, 0.3) is 10.9 Å². The molecule has 126 valence electrons. The van der Waals surface area contributed by atoms with Gasteiger partial charge in [0.2, 0.25) is 0 Å². The molecule has 1 unspecified atom stereocenters. The Morgan fingerprint density at radius 2 is 1.96 bits per heavy atom. The van der Waals surface area contributed by atoms with Crippen LogP contribution in [0.3, 0.4) is 0 Å². The zero-order valence-corrected chi connectivity index (χ0v) is 14.5. The lowest BCUT2D eigenvalue weighted by Crippen LogP contribution is -2.17. The number of aliphatic hydroxyl groups excluding tert-OH is 1. The molecule has 0 radical (unpaired) electrons. The summed E-state index contributed by atoms with van der Waals surface area (Å²) in [4.78, 5) is 11.5. The zero-order chi connectivity index (χ0) is 17.5. The Hall–Kier alpha value is -1.85. The smallest absolute Gasteiger partial charge is 0.335 e. The number of fused-ring (bicyclic) bond motifs is 1. The number of rotatable bonds is 4. The van der Waals surface area contributed by atoms with Crippen molar-refractivity contribution in [3.8, 4) is 0 Å². The normalized spacial score (nSPS) is 13.5. The van der Waals surface area contributed by atoms with Crippen LogP contribution in [0, 0.1) is 6.92 Å². The molecule has 1 aromatic heterocycles. The van der Waals surface area contributed by atoms with Gasteiger partial charge in [0, 0.05) is 29.7 Å². The highest BCUT2D eigenvalue weighted by Crippen LogP contribution is 2.38. The third kappa shape index (κ3) is 2.99. The Labute approximate surface area is 136 Å². The fourth-order valence-corrected chi connectivity index (χ4v) is 3.27. The molecule has 0 amide bonds. The Morgan fingerprint density at radius 1 is 1.35 bits per heavy atom. The van der Waals surface area contributed by atoms with Crippen molar-refractivity contribution in [2.75, 3.05) is 6.54 Å². The first-order chi connectivity index (χ1) is 10.6. The lowest BCUT2D eigenvalue weighted by Gasteiger charge is -2.23. The molecule has 1 heterocycles. The first-order valence-corrected chi connectivity index (χ1v) is 7.88. The molecule has 23 heavy (non-hydrogen) atoms. The molecule has 5 heteroatoms. The maximum Gasteiger partial charge on any atom is 0.335 e. The van der Waals surface area contributed by atoms with Crippen LogP contribution in [0.15, 0.2) is 12.1 Å². The van der Waals surface area contributed by atoms with Gasteiger partial charge in [-0.05, 0) is 37.0 Å². The van der Waals surface area contributed by atoms with Crippen LogP contribution in [0.5, 0.6) is 0 Å². The highest BCUT2D eigenvalue weighted by Gasteiger charge is 2.26. The molecule has 5 nitrogen and oxygen atoms in total. The SMILES string of the molecule is Cc1c(C(C)O)c2cc(C(=O)O)cc(C(C)(C)C)c2n1CCN. The summed E-state index contributed by atoms with van der Waals surface area (Å²) in [7, 11) is 0. The van der Waals surface area contributed by atoms with Gasteiger partial charge >= 0.3 is 5.97 Å². The molecule has 0 fully saturated rings. The number of aromatic nitrogens is 1. The fraction of sp³-hybridized carbons (Fsp3) is 0.500. The van der Waals surface area contributed by atoms with E-state index >= 15 is 0 Å². The van der Waals surface area contributed by atoms with Gasteiger partial charge in [-0.2, -0.15) is 0 Å². The third-order valence-corrected chi connectivity index (χ3v) is 4.29. The monoisotopic (exact) mass is 318 g/mol. The Morgan fingerprint density at radius 3 is 2.39 bits per heavy atom. The van der Waals surface area contributed by atoms with Crippen molar-refractivity contribution in [2.45, 2.75) is 52.7 Å². The van der Waals surface area contributed by atoms with E-state index in [1.54, 1.807) is 19.1 Å². The molecule has 1 atom stereocenters. The first-order valence-electron chi connectivity index (χ1n) is 7.88. The molecule has 0 aliphatic rings. The maximum atomic E-state index is 11.5. The van der Waals surface area contributed by atoms with Gasteiger partial charge in [-0.15, -0.1) is 0 Å². The summed E-state index contributed by atoms with van der Waals surface area (Å²) >= 11 is 0. The third-order valence-electron chi connectivity index (χ3n) is 4.29. The molecule has 1 aromatic carbocycles. The lowest BCUT2D eigenvalue weighted by molar-refractivity contribution is 0.0697. The number of nitrogens with zero attached hydrogens (tertiary/aromatic N) is 1. The van der Waals surface area contributed by atoms with Gasteiger partial charge in [0.1, 0.15) is 0 Å². The Bertz CT molecular complexity index is 752. The van der Waals surface area contributed by atoms with E-state index in [-0.39, 0.29) is 11.0 Å². The topological polar surface area (TPSA) is 88.5 Å². The second-order valence-electron chi connectivity index (χ2n) is 7.09. The number of nitrogens with two attached hydrogens (primary N) is 1. The van der Waals surface area contributed by atoms with Crippen LogP contribution in [-0.4, -0.2) is 27.3 Å². The van der Waals surface area contributed by atoms with Crippen LogP contribution in [0.2, 0.25) is 0 Å². The van der Waals surface area contributed by atoms with Gasteiger partial charge in [0.25, 0.3) is 0 Å². The van der Waals surface area contributed by atoms with Gasteiger partial charge in [-0.1, -0.05) is 20.8 Å². The van der Waals surface area contributed by atoms with Crippen molar-refractivity contribution < 1.29 is 15.0 Å². The number of aromatic carboxylic acids is 1. The van der Waals surface area contributed by atoms with Gasteiger partial charge in [0.15, 0.2) is 0 Å². The van der Waals surface area contributed by atoms with Crippen LogP contribution >= 0.6 is 0 Å². The van der Waals surface area contributed by atoms with Gasteiger partial charge < -0.3 is 20.5 Å². The minimum absolute atomic E-state index is 0.225. The number of benzene rings is 1. The lowest BCUT2D eigenvalue weighted by atomic mass is 9.84. The van der Waals surface area contributed by atoms with Crippen molar-refractivity contribution in [1.82, 2.24) is 4.57 Å². The fourth-order valence-electron chi connectivity index (χ4n) is 3.27. The van der Waals surface area contributed by atoms with E-state index in [9.17, 15) is 15.0 Å². The van der Waals surface area contributed by atoms with Crippen LogP contribution < -0.4 is 5.73 Å². The maximum absolute atomic E-state index is 11.5. The van der Waals surface area contributed by atoms with E-state index in [4.69, 9.17) is 5.73 Å². The van der Waals surface area contributed by atoms with E-state index in [0.717, 1.165) is 27.7 Å². The molecule has 2 aromatic rings. The minimum atomic E-state index is -0.960. The van der Waals surface area contributed by atoms with Gasteiger partial charge in [0.05, 0.1) is 17.2 Å². The van der Waals surface area contributed by atoms with Crippen molar-refractivity contribution in [1.29, 1.82) is 0 Å². The second-order valence-corrected chi connectivity index (χ2v) is 7.09. The number of carboxylic acids is 1. The van der Waals surface area contributed by atoms with Gasteiger partial charge in [-0.3, -0.25) is 0 Å². The molecular weight excluding hydrogens is 292 g/mol. The van der Waals surface area contributed by atoms with E-state index in [2.05, 4.69) is 25.3 Å². The van der Waals surface area contributed by atoms with E-state index in [1.807, 2.05) is 6.92 Å². The molecule has 0 aliphatic carbocycles. The number of carbonyl (C=O) groups is 1. The molecule has 0 aliphatic heterocycles. The molecule has 0 spiro atoms. The molecule has 0 saturated carbocycles. The highest BCUT2D eigenvalue weighted by atomic mass is 16.4. The summed E-state index contributed by atoms with van der Waals surface area (Å²) in [5.41, 5.74) is 9.43. The standard InChI is InChI=1S/C18H26N2O3/c1-10-15(11(2)21)13-8-12(17(22)23)9-14(18(3,4)5)16(13)20(10)7-6-19/h8-9,11,21H,6-7,19H2,1-5H3,(H,22,23). The van der Waals surface area contributed by atoms with Crippen LogP contribution in [0.1, 0.15) is 61.0 Å². The number of carboxylic acid groups (broad SMARTS) is 1. The van der Waals surface area contributed by atoms with Crippen LogP contribution in [-0.2, 0) is 12.0 Å². The molecule has 0 bridgehead atoms. The molecular formula is C18H26N2O3. The highest BCUT2D eigenvalue weighted by molar-refractivity contribution is 5.97. The molecule has 4 N–H and O–H groups in total. The summed E-state index contributed by atoms with van der Waals surface area (Å²) < 4.78 is 2.10. The van der Waals surface area contributed by atoms with Crippen molar-refractivity contribution in [3.05, 3.63) is 34.5 Å². The number of aliphatic hydroxyl groups is 1. The van der Waals surface area contributed by atoms with Gasteiger partial charge in [-0.25, -0.2) is 4.79 Å². The predicted octanol–water partition coefficient (Wildman–Crippen LogP) is 2.96. The van der Waals surface area contributed by atoms with Crippen molar-refractivity contribution in [3.63, 3.8) is 0 Å². The van der Waals surface area contributed by atoms with Crippen molar-refractivity contribution >= 4 is 16.9 Å². The summed E-state index contributed by atoms with van der Waals surface area (Å²) in [5.74, 6) is -0.960. The first kappa shape index (κ1) is 17.5. The molecule has 0 saturated heterocycles. The summed E-state index contributed by atoms with van der Waals surface area (Å²) in [6.07, 6.45) is -0.673. The van der Waals surface area contributed by atoms with Crippen molar-refractivity contribution in [2.24, 2.45) is 5.73 Å². The zero-order valence-electron chi connectivity index (χ0n) is 14.5. The Balaban J connectivity index is 3.02. The number of hydrogen-bond acceptors (Lipinski definition) is 3. The summed E-state index contributed by atoms with van der Waals surface area (Å²) in [6, 6.07) is 3.40. The largest absolute Gasteiger partial charge is 0.478 e. The van der Waals surface area contributed by atoms with E-state index < -0.39 is 12.1 Å². The minimum Gasteiger partial charge on any atom is -0.478 e. The summed E-state index contributed by atoms with van der Waals surface area (Å²) in [6.45, 7) is 10.9. The van der Waals surface area contributed by atoms with E-state index in [1.165, 1.54) is 0 Å².